The lowest BCUT2D eigenvalue weighted by atomic mass is 10.1. The average Bonchev–Trinajstić information content (AvgIpc) is 2.28. The van der Waals surface area contributed by atoms with Gasteiger partial charge in [0.1, 0.15) is 5.76 Å². The highest BCUT2D eigenvalue weighted by molar-refractivity contribution is 5.58. The van der Waals surface area contributed by atoms with Crippen molar-refractivity contribution < 1.29 is 4.74 Å². The smallest absolute Gasteiger partial charge is 0.123 e. The molecule has 0 aliphatic heterocycles. The Morgan fingerprint density at radius 2 is 1.88 bits per heavy atom. The Labute approximate surface area is 97.1 Å². The van der Waals surface area contributed by atoms with Gasteiger partial charge in [0.05, 0.1) is 5.76 Å². The molecule has 0 aromatic heterocycles. The predicted molar refractivity (Wildman–Crippen MR) is 70.0 cm³/mol. The second-order valence-electron chi connectivity index (χ2n) is 3.71. The Balaban J connectivity index is 3.16. The van der Waals surface area contributed by atoms with Crippen LogP contribution in [0.3, 0.4) is 0 Å². The fourth-order valence-electron chi connectivity index (χ4n) is 1.37. The SMILES string of the molecule is C=C(O/C(C)=C/C)/C(C)=c1/ccccc1=C. The number of ether oxygens (including phenoxy) is 1. The van der Waals surface area contributed by atoms with E-state index in [4.69, 9.17) is 4.74 Å². The minimum absolute atomic E-state index is 0.673. The molecule has 0 atom stereocenters. The van der Waals surface area contributed by atoms with Gasteiger partial charge in [-0.15, -0.1) is 0 Å². The molecule has 0 saturated carbocycles. The molecule has 0 amide bonds. The molecule has 1 aromatic rings. The lowest BCUT2D eigenvalue weighted by Gasteiger charge is -2.09. The van der Waals surface area contributed by atoms with Crippen molar-refractivity contribution in [3.63, 3.8) is 0 Å². The van der Waals surface area contributed by atoms with Crippen molar-refractivity contribution in [2.75, 3.05) is 0 Å². The van der Waals surface area contributed by atoms with Crippen molar-refractivity contribution in [1.82, 2.24) is 0 Å². The molecule has 1 heteroatoms. The number of hydrogen-bond donors (Lipinski definition) is 0. The van der Waals surface area contributed by atoms with Crippen LogP contribution in [0.5, 0.6) is 0 Å². The number of hydrogen-bond acceptors (Lipinski definition) is 1. The number of allylic oxidation sites excluding steroid dienone is 3. The van der Waals surface area contributed by atoms with Gasteiger partial charge in [0.2, 0.25) is 0 Å². The minimum atomic E-state index is 0.673. The zero-order chi connectivity index (χ0) is 12.1. The Kier molecular flexibility index (Phi) is 4.12. The van der Waals surface area contributed by atoms with E-state index in [1.54, 1.807) is 0 Å². The van der Waals surface area contributed by atoms with Crippen LogP contribution >= 0.6 is 0 Å². The summed E-state index contributed by atoms with van der Waals surface area (Å²) in [5.74, 6) is 1.53. The van der Waals surface area contributed by atoms with Gasteiger partial charge in [-0.1, -0.05) is 37.4 Å². The van der Waals surface area contributed by atoms with Crippen LogP contribution in [0.15, 0.2) is 48.4 Å². The van der Waals surface area contributed by atoms with Crippen LogP contribution in [-0.2, 0) is 4.74 Å². The van der Waals surface area contributed by atoms with Crippen molar-refractivity contribution in [3.05, 3.63) is 58.9 Å². The van der Waals surface area contributed by atoms with Gasteiger partial charge in [0, 0.05) is 0 Å². The van der Waals surface area contributed by atoms with Crippen LogP contribution in [0.25, 0.3) is 12.2 Å². The quantitative estimate of drug-likeness (QED) is 0.703. The summed E-state index contributed by atoms with van der Waals surface area (Å²) in [6.45, 7) is 13.8. The highest BCUT2D eigenvalue weighted by Gasteiger charge is 2.00. The second-order valence-corrected chi connectivity index (χ2v) is 3.71. The van der Waals surface area contributed by atoms with E-state index in [-0.39, 0.29) is 0 Å². The van der Waals surface area contributed by atoms with Crippen LogP contribution in [0.4, 0.5) is 0 Å². The monoisotopic (exact) mass is 214 g/mol. The summed E-state index contributed by atoms with van der Waals surface area (Å²) in [6.07, 6.45) is 1.91. The molecule has 84 valence electrons. The second kappa shape index (κ2) is 5.36. The average molecular weight is 214 g/mol. The molecular formula is C15H18O. The largest absolute Gasteiger partial charge is 0.463 e. The molecule has 0 bridgehead atoms. The van der Waals surface area contributed by atoms with E-state index in [1.165, 1.54) is 0 Å². The molecule has 1 aromatic carbocycles. The van der Waals surface area contributed by atoms with Gasteiger partial charge in [0.25, 0.3) is 0 Å². The van der Waals surface area contributed by atoms with E-state index < -0.39 is 0 Å². The van der Waals surface area contributed by atoms with Gasteiger partial charge in [-0.2, -0.15) is 0 Å². The third-order valence-electron chi connectivity index (χ3n) is 2.53. The standard InChI is InChI=1S/C15H18O/c1-6-12(3)16-14(5)13(4)15-10-8-7-9-11(15)2/h6-10H,2,5H2,1,3-4H3/b12-6+,15-13-. The topological polar surface area (TPSA) is 9.23 Å². The molecule has 1 nitrogen and oxygen atoms in total. The lowest BCUT2D eigenvalue weighted by Crippen LogP contribution is -2.24. The molecule has 0 fully saturated rings. The molecule has 16 heavy (non-hydrogen) atoms. The molecule has 0 saturated heterocycles. The first-order chi connectivity index (χ1) is 7.56. The number of rotatable bonds is 3. The fraction of sp³-hybridized carbons (Fsp3) is 0.200. The summed E-state index contributed by atoms with van der Waals surface area (Å²) in [4.78, 5) is 0. The van der Waals surface area contributed by atoms with Crippen molar-refractivity contribution in [2.45, 2.75) is 20.8 Å². The van der Waals surface area contributed by atoms with E-state index in [0.29, 0.717) is 5.76 Å². The Morgan fingerprint density at radius 3 is 2.44 bits per heavy atom. The van der Waals surface area contributed by atoms with Gasteiger partial charge in [-0.3, -0.25) is 0 Å². The third-order valence-corrected chi connectivity index (χ3v) is 2.53. The highest BCUT2D eigenvalue weighted by atomic mass is 16.5. The van der Waals surface area contributed by atoms with Crippen LogP contribution in [-0.4, -0.2) is 0 Å². The van der Waals surface area contributed by atoms with E-state index in [2.05, 4.69) is 13.2 Å². The molecule has 0 unspecified atom stereocenters. The maximum atomic E-state index is 5.57. The van der Waals surface area contributed by atoms with Crippen molar-refractivity contribution in [3.8, 4) is 0 Å². The normalized spacial score (nSPS) is 13.3. The summed E-state index contributed by atoms with van der Waals surface area (Å²) in [5, 5.41) is 2.07. The lowest BCUT2D eigenvalue weighted by molar-refractivity contribution is 0.326. The predicted octanol–water partition coefficient (Wildman–Crippen LogP) is 2.72. The summed E-state index contributed by atoms with van der Waals surface area (Å²) in [6, 6.07) is 7.97. The summed E-state index contributed by atoms with van der Waals surface area (Å²) < 4.78 is 5.57. The Bertz CT molecular complexity index is 521. The van der Waals surface area contributed by atoms with Crippen molar-refractivity contribution in [2.24, 2.45) is 0 Å². The molecule has 0 spiro atoms. The molecule has 0 aliphatic rings. The van der Waals surface area contributed by atoms with Gasteiger partial charge in [-0.25, -0.2) is 0 Å². The first kappa shape index (κ1) is 12.3. The van der Waals surface area contributed by atoms with Crippen LogP contribution in [0, 0.1) is 0 Å². The van der Waals surface area contributed by atoms with Crippen molar-refractivity contribution >= 4 is 12.2 Å². The summed E-state index contributed by atoms with van der Waals surface area (Å²) in [5.41, 5.74) is 1.02. The first-order valence-electron chi connectivity index (χ1n) is 5.31. The van der Waals surface area contributed by atoms with Gasteiger partial charge in [0.15, 0.2) is 0 Å². The van der Waals surface area contributed by atoms with Crippen LogP contribution in [0.1, 0.15) is 20.8 Å². The van der Waals surface area contributed by atoms with Crippen molar-refractivity contribution in [1.29, 1.82) is 0 Å². The van der Waals surface area contributed by atoms with Crippen LogP contribution in [0.2, 0.25) is 0 Å². The first-order valence-corrected chi connectivity index (χ1v) is 5.31. The third kappa shape index (κ3) is 2.86. The van der Waals surface area contributed by atoms with Gasteiger partial charge in [-0.05, 0) is 42.9 Å². The van der Waals surface area contributed by atoms with E-state index in [1.807, 2.05) is 51.1 Å². The molecule has 0 aliphatic carbocycles. The molecule has 0 heterocycles. The fourth-order valence-corrected chi connectivity index (χ4v) is 1.37. The van der Waals surface area contributed by atoms with Gasteiger partial charge >= 0.3 is 0 Å². The van der Waals surface area contributed by atoms with E-state index in [0.717, 1.165) is 21.8 Å². The molecule has 1 rings (SSSR count). The summed E-state index contributed by atoms with van der Waals surface area (Å²) in [7, 11) is 0. The molecule has 0 N–H and O–H groups in total. The Morgan fingerprint density at radius 1 is 1.25 bits per heavy atom. The zero-order valence-corrected chi connectivity index (χ0v) is 10.2. The molecular weight excluding hydrogens is 196 g/mol. The zero-order valence-electron chi connectivity index (χ0n) is 10.2. The Hall–Kier alpha value is -1.76. The highest BCUT2D eigenvalue weighted by Crippen LogP contribution is 2.11. The minimum Gasteiger partial charge on any atom is -0.463 e. The van der Waals surface area contributed by atoms with E-state index >= 15 is 0 Å². The summed E-state index contributed by atoms with van der Waals surface area (Å²) >= 11 is 0. The number of benzene rings is 1. The maximum Gasteiger partial charge on any atom is 0.123 e. The van der Waals surface area contributed by atoms with Crippen LogP contribution < -0.4 is 10.4 Å². The maximum absolute atomic E-state index is 5.57. The van der Waals surface area contributed by atoms with Gasteiger partial charge < -0.3 is 4.74 Å². The molecule has 0 radical (unpaired) electrons. The van der Waals surface area contributed by atoms with E-state index in [9.17, 15) is 0 Å².